The third-order valence-electron chi connectivity index (χ3n) is 8.22. The van der Waals surface area contributed by atoms with E-state index in [0.717, 1.165) is 19.3 Å². The SMILES string of the molecule is CC(=O)NCCN(CCCCc1ccccc1)C(=O)c1cnc([C@@H]2C[C@@H](O)CN2C(=O)[C@@H](NC(=O)C2(F)CC2)C(C)(C)C)[nH]1. The number of likely N-dealkylation sites (tertiary alicyclic amines) is 1. The van der Waals surface area contributed by atoms with Crippen LogP contribution in [0.1, 0.15) is 87.7 Å². The molecule has 240 valence electrons. The Labute approximate surface area is 258 Å². The molecule has 44 heavy (non-hydrogen) atoms. The van der Waals surface area contributed by atoms with Crippen LogP contribution in [-0.4, -0.2) is 92.5 Å². The molecular weight excluding hydrogens is 567 g/mol. The molecule has 4 amide bonds. The lowest BCUT2D eigenvalue weighted by molar-refractivity contribution is -0.142. The summed E-state index contributed by atoms with van der Waals surface area (Å²) in [5.74, 6) is -1.37. The molecule has 2 fully saturated rings. The molecular formula is C32H45FN6O5. The summed E-state index contributed by atoms with van der Waals surface area (Å²) in [5.41, 5.74) is -1.20. The van der Waals surface area contributed by atoms with E-state index in [1.807, 2.05) is 18.2 Å². The van der Waals surface area contributed by atoms with Crippen molar-refractivity contribution in [3.63, 3.8) is 0 Å². The average molecular weight is 613 g/mol. The minimum absolute atomic E-state index is 0.0148. The maximum Gasteiger partial charge on any atom is 0.271 e. The number of amides is 4. The number of rotatable bonds is 13. The molecule has 2 aliphatic rings. The zero-order chi connectivity index (χ0) is 32.1. The van der Waals surface area contributed by atoms with Crippen molar-refractivity contribution in [1.82, 2.24) is 30.4 Å². The lowest BCUT2D eigenvalue weighted by Gasteiger charge is -2.35. The Morgan fingerprint density at radius 1 is 1.16 bits per heavy atom. The average Bonchev–Trinajstić information content (AvgIpc) is 3.36. The quantitative estimate of drug-likeness (QED) is 0.256. The van der Waals surface area contributed by atoms with Gasteiger partial charge in [-0.1, -0.05) is 51.1 Å². The molecule has 1 aromatic carbocycles. The highest BCUT2D eigenvalue weighted by Gasteiger charge is 2.53. The first kappa shape index (κ1) is 33.1. The first-order chi connectivity index (χ1) is 20.8. The van der Waals surface area contributed by atoms with E-state index >= 15 is 0 Å². The minimum Gasteiger partial charge on any atom is -0.391 e. The molecule has 0 radical (unpaired) electrons. The third kappa shape index (κ3) is 8.43. The van der Waals surface area contributed by atoms with Crippen molar-refractivity contribution in [2.24, 2.45) is 5.41 Å². The summed E-state index contributed by atoms with van der Waals surface area (Å²) in [5, 5.41) is 15.9. The van der Waals surface area contributed by atoms with Crippen molar-refractivity contribution >= 4 is 23.6 Å². The summed E-state index contributed by atoms with van der Waals surface area (Å²) in [6, 6.07) is 8.43. The number of imidazole rings is 1. The van der Waals surface area contributed by atoms with Crippen LogP contribution in [-0.2, 0) is 20.8 Å². The van der Waals surface area contributed by atoms with E-state index in [1.54, 1.807) is 25.7 Å². The van der Waals surface area contributed by atoms with Crippen molar-refractivity contribution in [3.8, 4) is 0 Å². The number of β-amino-alcohol motifs (C(OH)–C–C–N with tert-alkyl or cyclic N) is 1. The standard InChI is InChI=1S/C32H45FN6O5/c1-21(40)34-15-17-38(16-9-8-12-22-10-6-5-7-11-22)28(42)24-19-35-27(36-24)25-18-23(41)20-39(25)29(43)26(31(2,3)4)37-30(44)32(33)13-14-32/h5-7,10-11,19,23,25-26,41H,8-9,12-18,20H2,1-4H3,(H,34,40)(H,35,36)(H,37,44)/t23-,25+,26-/m1/s1. The second-order valence-corrected chi connectivity index (χ2v) is 13.0. The summed E-state index contributed by atoms with van der Waals surface area (Å²) in [7, 11) is 0. The highest BCUT2D eigenvalue weighted by Crippen LogP contribution is 2.41. The van der Waals surface area contributed by atoms with Gasteiger partial charge in [0.05, 0.1) is 18.3 Å². The number of nitrogens with one attached hydrogen (secondary N) is 3. The number of halogens is 1. The Hall–Kier alpha value is -3.80. The number of aromatic amines is 1. The Bertz CT molecular complexity index is 1320. The van der Waals surface area contributed by atoms with Crippen LogP contribution in [0.5, 0.6) is 0 Å². The van der Waals surface area contributed by atoms with E-state index in [2.05, 4.69) is 32.7 Å². The Morgan fingerprint density at radius 3 is 2.50 bits per heavy atom. The summed E-state index contributed by atoms with van der Waals surface area (Å²) in [6.45, 7) is 7.90. The van der Waals surface area contributed by atoms with Gasteiger partial charge in [-0.25, -0.2) is 9.37 Å². The minimum atomic E-state index is -1.93. The van der Waals surface area contributed by atoms with Crippen LogP contribution in [0.3, 0.4) is 0 Å². The summed E-state index contributed by atoms with van der Waals surface area (Å²) >= 11 is 0. The van der Waals surface area contributed by atoms with Crippen LogP contribution in [0.2, 0.25) is 0 Å². The van der Waals surface area contributed by atoms with Gasteiger partial charge < -0.3 is 30.5 Å². The molecule has 1 aliphatic carbocycles. The van der Waals surface area contributed by atoms with Gasteiger partial charge in [-0.05, 0) is 43.1 Å². The number of carbonyl (C=O) groups excluding carboxylic acids is 4. The summed E-state index contributed by atoms with van der Waals surface area (Å²) in [4.78, 5) is 62.0. The van der Waals surface area contributed by atoms with Crippen molar-refractivity contribution < 1.29 is 28.7 Å². The normalized spacial score (nSPS) is 19.7. The molecule has 0 unspecified atom stereocenters. The molecule has 1 aromatic heterocycles. The first-order valence-corrected chi connectivity index (χ1v) is 15.4. The second kappa shape index (κ2) is 13.9. The molecule has 11 nitrogen and oxygen atoms in total. The number of carbonyl (C=O) groups is 4. The maximum absolute atomic E-state index is 14.5. The van der Waals surface area contributed by atoms with E-state index in [0.29, 0.717) is 25.5 Å². The fraction of sp³-hybridized carbons (Fsp3) is 0.594. The van der Waals surface area contributed by atoms with Gasteiger partial charge in [-0.15, -0.1) is 0 Å². The predicted molar refractivity (Wildman–Crippen MR) is 162 cm³/mol. The van der Waals surface area contributed by atoms with E-state index in [9.17, 15) is 28.7 Å². The molecule has 0 bridgehead atoms. The molecule has 4 N–H and O–H groups in total. The predicted octanol–water partition coefficient (Wildman–Crippen LogP) is 2.68. The number of benzene rings is 1. The van der Waals surface area contributed by atoms with Gasteiger partial charge >= 0.3 is 0 Å². The van der Waals surface area contributed by atoms with Gasteiger partial charge in [-0.2, -0.15) is 0 Å². The largest absolute Gasteiger partial charge is 0.391 e. The smallest absolute Gasteiger partial charge is 0.271 e. The molecule has 1 aliphatic heterocycles. The maximum atomic E-state index is 14.5. The molecule has 2 aromatic rings. The van der Waals surface area contributed by atoms with Gasteiger partial charge in [0, 0.05) is 39.5 Å². The molecule has 3 atom stereocenters. The monoisotopic (exact) mass is 612 g/mol. The van der Waals surface area contributed by atoms with Crippen molar-refractivity contribution in [2.75, 3.05) is 26.2 Å². The number of alkyl halides is 1. The number of aryl methyl sites for hydroxylation is 1. The van der Waals surface area contributed by atoms with Gasteiger partial charge in [0.25, 0.3) is 11.8 Å². The highest BCUT2D eigenvalue weighted by molar-refractivity contribution is 5.94. The van der Waals surface area contributed by atoms with E-state index in [1.165, 1.54) is 23.6 Å². The van der Waals surface area contributed by atoms with Crippen molar-refractivity contribution in [1.29, 1.82) is 0 Å². The molecule has 0 spiro atoms. The van der Waals surface area contributed by atoms with Crippen LogP contribution in [0, 0.1) is 5.41 Å². The number of aliphatic hydroxyl groups excluding tert-OH is 1. The molecule has 12 heteroatoms. The Morgan fingerprint density at radius 2 is 1.86 bits per heavy atom. The molecule has 1 saturated heterocycles. The van der Waals surface area contributed by atoms with Crippen molar-refractivity contribution in [3.05, 3.63) is 53.6 Å². The number of hydrogen-bond donors (Lipinski definition) is 4. The lowest BCUT2D eigenvalue weighted by atomic mass is 9.85. The number of aromatic nitrogens is 2. The number of nitrogens with zero attached hydrogens (tertiary/aromatic N) is 3. The van der Waals surface area contributed by atoms with Crippen LogP contribution >= 0.6 is 0 Å². The fourth-order valence-electron chi connectivity index (χ4n) is 5.47. The van der Waals surface area contributed by atoms with E-state index in [4.69, 9.17) is 0 Å². The number of H-pyrrole nitrogens is 1. The fourth-order valence-corrected chi connectivity index (χ4v) is 5.47. The lowest BCUT2D eigenvalue weighted by Crippen LogP contribution is -2.56. The number of unbranched alkanes of at least 4 members (excludes halogenated alkanes) is 1. The molecule has 1 saturated carbocycles. The van der Waals surface area contributed by atoms with E-state index in [-0.39, 0.29) is 43.3 Å². The Kier molecular flexibility index (Phi) is 10.4. The first-order valence-electron chi connectivity index (χ1n) is 15.4. The number of hydrogen-bond acceptors (Lipinski definition) is 6. The third-order valence-corrected chi connectivity index (χ3v) is 8.22. The van der Waals surface area contributed by atoms with Gasteiger partial charge in [0.15, 0.2) is 5.67 Å². The topological polar surface area (TPSA) is 148 Å². The van der Waals surface area contributed by atoms with Crippen molar-refractivity contribution in [2.45, 2.75) is 90.1 Å². The Balaban J connectivity index is 1.46. The van der Waals surface area contributed by atoms with Crippen LogP contribution in [0.4, 0.5) is 4.39 Å². The summed E-state index contributed by atoms with van der Waals surface area (Å²) in [6.07, 6.45) is 3.57. The van der Waals surface area contributed by atoms with E-state index < -0.39 is 41.1 Å². The van der Waals surface area contributed by atoms with Gasteiger partial charge in [0.2, 0.25) is 11.8 Å². The zero-order valence-electron chi connectivity index (χ0n) is 26.1. The van der Waals surface area contributed by atoms with Gasteiger partial charge in [-0.3, -0.25) is 19.2 Å². The van der Waals surface area contributed by atoms with Crippen LogP contribution in [0.25, 0.3) is 0 Å². The van der Waals surface area contributed by atoms with Crippen LogP contribution < -0.4 is 10.6 Å². The van der Waals surface area contributed by atoms with Gasteiger partial charge in [0.1, 0.15) is 17.6 Å². The molecule has 4 rings (SSSR count). The zero-order valence-corrected chi connectivity index (χ0v) is 26.1. The molecule has 2 heterocycles. The highest BCUT2D eigenvalue weighted by atomic mass is 19.1. The number of aliphatic hydroxyl groups is 1. The van der Waals surface area contributed by atoms with Crippen LogP contribution in [0.15, 0.2) is 36.5 Å². The second-order valence-electron chi connectivity index (χ2n) is 13.0. The summed E-state index contributed by atoms with van der Waals surface area (Å²) < 4.78 is 14.5.